The number of aryl methyl sites for hydroxylation is 1. The standard InChI is InChI=1S/C23H29N3O/c1-18(2)17-26-21-13-7-6-12-20(21)25-22(26)15-16-24-23(27)14-8-11-19-9-4-3-5-10-19/h3-7,9-10,12-13,18H,8,11,14-17H2,1-2H3,(H,24,27). The van der Waals surface area contributed by atoms with Crippen molar-refractivity contribution in [1.29, 1.82) is 0 Å². The van der Waals surface area contributed by atoms with E-state index in [1.54, 1.807) is 0 Å². The first-order valence-electron chi connectivity index (χ1n) is 9.88. The highest BCUT2D eigenvalue weighted by Crippen LogP contribution is 2.18. The summed E-state index contributed by atoms with van der Waals surface area (Å²) < 4.78 is 2.29. The molecule has 4 heteroatoms. The summed E-state index contributed by atoms with van der Waals surface area (Å²) in [5.41, 5.74) is 3.49. The molecule has 0 unspecified atom stereocenters. The first kappa shape index (κ1) is 19.2. The zero-order valence-electron chi connectivity index (χ0n) is 16.3. The number of rotatable bonds is 9. The van der Waals surface area contributed by atoms with Gasteiger partial charge >= 0.3 is 0 Å². The van der Waals surface area contributed by atoms with Crippen LogP contribution in [0.15, 0.2) is 54.6 Å². The number of carbonyl (C=O) groups is 1. The molecule has 142 valence electrons. The van der Waals surface area contributed by atoms with E-state index in [4.69, 9.17) is 4.98 Å². The van der Waals surface area contributed by atoms with Gasteiger partial charge in [0.05, 0.1) is 11.0 Å². The topological polar surface area (TPSA) is 46.9 Å². The lowest BCUT2D eigenvalue weighted by Gasteiger charge is -2.12. The zero-order valence-corrected chi connectivity index (χ0v) is 16.3. The highest BCUT2D eigenvalue weighted by molar-refractivity contribution is 5.76. The zero-order chi connectivity index (χ0) is 19.1. The third-order valence-corrected chi connectivity index (χ3v) is 4.66. The number of aromatic nitrogens is 2. The average molecular weight is 364 g/mol. The molecular formula is C23H29N3O. The summed E-state index contributed by atoms with van der Waals surface area (Å²) in [6, 6.07) is 18.6. The van der Waals surface area contributed by atoms with E-state index >= 15 is 0 Å². The van der Waals surface area contributed by atoms with Gasteiger partial charge in [-0.1, -0.05) is 56.3 Å². The molecule has 1 aromatic heterocycles. The minimum atomic E-state index is 0.123. The SMILES string of the molecule is CC(C)Cn1c(CCNC(=O)CCCc2ccccc2)nc2ccccc21. The number of hydrogen-bond donors (Lipinski definition) is 1. The van der Waals surface area contributed by atoms with Gasteiger partial charge in [0.1, 0.15) is 5.82 Å². The summed E-state index contributed by atoms with van der Waals surface area (Å²) in [5, 5.41) is 3.05. The number of hydrogen-bond acceptors (Lipinski definition) is 2. The van der Waals surface area contributed by atoms with Gasteiger partial charge in [-0.25, -0.2) is 4.98 Å². The van der Waals surface area contributed by atoms with Crippen LogP contribution in [0.25, 0.3) is 11.0 Å². The fourth-order valence-corrected chi connectivity index (χ4v) is 3.38. The van der Waals surface area contributed by atoms with Crippen LogP contribution < -0.4 is 5.32 Å². The molecule has 1 N–H and O–H groups in total. The van der Waals surface area contributed by atoms with Gasteiger partial charge in [0.15, 0.2) is 0 Å². The molecule has 0 bridgehead atoms. The number of nitrogens with one attached hydrogen (secondary N) is 1. The van der Waals surface area contributed by atoms with Crippen LogP contribution in [0.3, 0.4) is 0 Å². The second-order valence-corrected chi connectivity index (χ2v) is 7.46. The molecule has 0 aliphatic heterocycles. The molecule has 4 nitrogen and oxygen atoms in total. The summed E-state index contributed by atoms with van der Waals surface area (Å²) in [5.74, 6) is 1.72. The number of para-hydroxylation sites is 2. The summed E-state index contributed by atoms with van der Waals surface area (Å²) in [6.45, 7) is 6.01. The average Bonchev–Trinajstić information content (AvgIpc) is 3.00. The summed E-state index contributed by atoms with van der Waals surface area (Å²) >= 11 is 0. The van der Waals surface area contributed by atoms with Gasteiger partial charge in [-0.05, 0) is 36.5 Å². The minimum Gasteiger partial charge on any atom is -0.356 e. The first-order chi connectivity index (χ1) is 13.1. The normalized spacial score (nSPS) is 11.2. The Bertz CT molecular complexity index is 868. The Morgan fingerprint density at radius 1 is 1.04 bits per heavy atom. The van der Waals surface area contributed by atoms with Crippen LogP contribution in [0.1, 0.15) is 38.1 Å². The summed E-state index contributed by atoms with van der Waals surface area (Å²) in [7, 11) is 0. The Balaban J connectivity index is 1.50. The largest absolute Gasteiger partial charge is 0.356 e. The van der Waals surface area contributed by atoms with Crippen LogP contribution in [0.4, 0.5) is 0 Å². The van der Waals surface area contributed by atoms with E-state index in [0.29, 0.717) is 18.9 Å². The van der Waals surface area contributed by atoms with E-state index in [1.807, 2.05) is 24.3 Å². The van der Waals surface area contributed by atoms with Gasteiger partial charge in [-0.2, -0.15) is 0 Å². The molecule has 0 saturated heterocycles. The van der Waals surface area contributed by atoms with Crippen molar-refractivity contribution in [3.8, 4) is 0 Å². The van der Waals surface area contributed by atoms with E-state index < -0.39 is 0 Å². The van der Waals surface area contributed by atoms with E-state index in [2.05, 4.69) is 54.1 Å². The molecule has 0 aliphatic carbocycles. The molecule has 1 heterocycles. The molecule has 1 amide bonds. The lowest BCUT2D eigenvalue weighted by Crippen LogP contribution is -2.26. The van der Waals surface area contributed by atoms with Crippen LogP contribution in [-0.2, 0) is 24.2 Å². The molecule has 0 saturated carbocycles. The first-order valence-corrected chi connectivity index (χ1v) is 9.88. The second kappa shape index (κ2) is 9.36. The highest BCUT2D eigenvalue weighted by Gasteiger charge is 2.11. The van der Waals surface area contributed by atoms with Crippen molar-refractivity contribution in [2.45, 2.75) is 46.1 Å². The van der Waals surface area contributed by atoms with Gasteiger partial charge in [0.2, 0.25) is 5.91 Å². The van der Waals surface area contributed by atoms with Gasteiger partial charge in [-0.3, -0.25) is 4.79 Å². The molecule has 3 aromatic rings. The van der Waals surface area contributed by atoms with Crippen LogP contribution in [0, 0.1) is 5.92 Å². The van der Waals surface area contributed by atoms with Crippen molar-refractivity contribution in [3.63, 3.8) is 0 Å². The molecule has 0 atom stereocenters. The number of benzene rings is 2. The highest BCUT2D eigenvalue weighted by atomic mass is 16.1. The van der Waals surface area contributed by atoms with Crippen molar-refractivity contribution in [1.82, 2.24) is 14.9 Å². The molecule has 0 radical (unpaired) electrons. The predicted octanol–water partition coefficient (Wildman–Crippen LogP) is 4.37. The monoisotopic (exact) mass is 363 g/mol. The Morgan fingerprint density at radius 3 is 2.56 bits per heavy atom. The molecule has 3 rings (SSSR count). The minimum absolute atomic E-state index is 0.123. The Hall–Kier alpha value is -2.62. The lowest BCUT2D eigenvalue weighted by molar-refractivity contribution is -0.121. The number of fused-ring (bicyclic) bond motifs is 1. The van der Waals surface area contributed by atoms with Gasteiger partial charge in [0, 0.05) is 25.9 Å². The smallest absolute Gasteiger partial charge is 0.220 e. The van der Waals surface area contributed by atoms with E-state index in [-0.39, 0.29) is 5.91 Å². The summed E-state index contributed by atoms with van der Waals surface area (Å²) in [6.07, 6.45) is 3.14. The number of nitrogens with zero attached hydrogens (tertiary/aromatic N) is 2. The molecule has 0 fully saturated rings. The maximum atomic E-state index is 12.1. The molecule has 0 aliphatic rings. The van der Waals surface area contributed by atoms with Gasteiger partial charge < -0.3 is 9.88 Å². The van der Waals surface area contributed by atoms with Crippen LogP contribution in [-0.4, -0.2) is 22.0 Å². The second-order valence-electron chi connectivity index (χ2n) is 7.46. The van der Waals surface area contributed by atoms with E-state index in [0.717, 1.165) is 37.1 Å². The van der Waals surface area contributed by atoms with Crippen molar-refractivity contribution in [2.24, 2.45) is 5.92 Å². The van der Waals surface area contributed by atoms with Gasteiger partial charge in [0.25, 0.3) is 0 Å². The predicted molar refractivity (Wildman–Crippen MR) is 111 cm³/mol. The van der Waals surface area contributed by atoms with Crippen molar-refractivity contribution in [2.75, 3.05) is 6.54 Å². The number of carbonyl (C=O) groups excluding carboxylic acids is 1. The third-order valence-electron chi connectivity index (χ3n) is 4.66. The fourth-order valence-electron chi connectivity index (χ4n) is 3.38. The Labute approximate surface area is 161 Å². The van der Waals surface area contributed by atoms with E-state index in [1.165, 1.54) is 11.1 Å². The number of imidazole rings is 1. The summed E-state index contributed by atoms with van der Waals surface area (Å²) in [4.78, 5) is 16.9. The number of amides is 1. The van der Waals surface area contributed by atoms with Crippen molar-refractivity contribution >= 4 is 16.9 Å². The van der Waals surface area contributed by atoms with Crippen molar-refractivity contribution < 1.29 is 4.79 Å². The lowest BCUT2D eigenvalue weighted by atomic mass is 10.1. The molecule has 0 spiro atoms. The van der Waals surface area contributed by atoms with Crippen LogP contribution >= 0.6 is 0 Å². The fraction of sp³-hybridized carbons (Fsp3) is 0.391. The van der Waals surface area contributed by atoms with Gasteiger partial charge in [-0.15, -0.1) is 0 Å². The van der Waals surface area contributed by atoms with Crippen molar-refractivity contribution in [3.05, 3.63) is 66.0 Å². The van der Waals surface area contributed by atoms with Crippen LogP contribution in [0.2, 0.25) is 0 Å². The maximum absolute atomic E-state index is 12.1. The van der Waals surface area contributed by atoms with Crippen LogP contribution in [0.5, 0.6) is 0 Å². The Kier molecular flexibility index (Phi) is 6.64. The molecular weight excluding hydrogens is 334 g/mol. The van der Waals surface area contributed by atoms with E-state index in [9.17, 15) is 4.79 Å². The Morgan fingerprint density at radius 2 is 1.78 bits per heavy atom. The molecule has 27 heavy (non-hydrogen) atoms. The quantitative estimate of drug-likeness (QED) is 0.613. The third kappa shape index (κ3) is 5.43. The molecule has 2 aromatic carbocycles. The maximum Gasteiger partial charge on any atom is 0.220 e.